The van der Waals surface area contributed by atoms with E-state index >= 15 is 0 Å². The zero-order valence-corrected chi connectivity index (χ0v) is 14.7. The fraction of sp³-hybridized carbons (Fsp3) is 0.105. The van der Waals surface area contributed by atoms with Gasteiger partial charge in [0.2, 0.25) is 5.95 Å². The van der Waals surface area contributed by atoms with Gasteiger partial charge in [-0.15, -0.1) is 11.3 Å². The second-order valence-corrected chi connectivity index (χ2v) is 6.97. The Labute approximate surface area is 152 Å². The molecule has 0 fully saturated rings. The molecule has 0 saturated carbocycles. The topological polar surface area (TPSA) is 70.7 Å². The summed E-state index contributed by atoms with van der Waals surface area (Å²) < 4.78 is 13.0. The molecule has 0 radical (unpaired) electrons. The molecule has 4 aromatic rings. The highest BCUT2D eigenvalue weighted by Gasteiger charge is 2.17. The van der Waals surface area contributed by atoms with Gasteiger partial charge in [0.15, 0.2) is 0 Å². The Kier molecular flexibility index (Phi) is 4.22. The number of fused-ring (bicyclic) bond motifs is 1. The summed E-state index contributed by atoms with van der Waals surface area (Å²) in [6, 6.07) is 13.9. The Morgan fingerprint density at radius 3 is 2.69 bits per heavy atom. The minimum atomic E-state index is -0.269. The number of para-hydroxylation sites is 2. The van der Waals surface area contributed by atoms with E-state index in [4.69, 9.17) is 0 Å². The molecule has 0 aliphatic carbocycles. The van der Waals surface area contributed by atoms with E-state index in [1.54, 1.807) is 19.1 Å². The first kappa shape index (κ1) is 16.4. The summed E-state index contributed by atoms with van der Waals surface area (Å²) >= 11 is 1.33. The van der Waals surface area contributed by atoms with Gasteiger partial charge in [-0.2, -0.15) is 0 Å². The minimum absolute atomic E-state index is 0.246. The average molecular weight is 366 g/mol. The number of amides is 1. The standard InChI is InChI=1S/C19H15FN4OS/c1-11-17(26-16(21-11)10-12-6-8-13(20)9-7-12)18(25)24-19-22-14-4-2-3-5-15(14)23-19/h2-9H,10H2,1H3,(H2,22,23,24,25). The van der Waals surface area contributed by atoms with Crippen molar-refractivity contribution < 1.29 is 9.18 Å². The lowest BCUT2D eigenvalue weighted by atomic mass is 10.1. The van der Waals surface area contributed by atoms with E-state index < -0.39 is 0 Å². The van der Waals surface area contributed by atoms with E-state index in [0.29, 0.717) is 22.9 Å². The summed E-state index contributed by atoms with van der Waals surface area (Å²) in [6.45, 7) is 1.80. The van der Waals surface area contributed by atoms with Crippen molar-refractivity contribution in [3.63, 3.8) is 0 Å². The van der Waals surface area contributed by atoms with Crippen molar-refractivity contribution in [1.82, 2.24) is 15.0 Å². The van der Waals surface area contributed by atoms with E-state index in [2.05, 4.69) is 20.3 Å². The molecule has 0 unspecified atom stereocenters. The molecule has 0 aliphatic rings. The number of hydrogen-bond donors (Lipinski definition) is 2. The molecule has 1 amide bonds. The molecule has 130 valence electrons. The summed E-state index contributed by atoms with van der Waals surface area (Å²) in [6.07, 6.45) is 0.559. The van der Waals surface area contributed by atoms with Crippen LogP contribution in [0.2, 0.25) is 0 Å². The largest absolute Gasteiger partial charge is 0.324 e. The second-order valence-electron chi connectivity index (χ2n) is 5.88. The first-order chi connectivity index (χ1) is 12.6. The van der Waals surface area contributed by atoms with Crippen LogP contribution < -0.4 is 5.32 Å². The monoisotopic (exact) mass is 366 g/mol. The molecule has 0 bridgehead atoms. The molecule has 2 heterocycles. The van der Waals surface area contributed by atoms with E-state index in [0.717, 1.165) is 21.6 Å². The van der Waals surface area contributed by atoms with Crippen molar-refractivity contribution in [1.29, 1.82) is 0 Å². The van der Waals surface area contributed by atoms with Crippen LogP contribution in [0.4, 0.5) is 10.3 Å². The number of nitrogens with one attached hydrogen (secondary N) is 2. The quantitative estimate of drug-likeness (QED) is 0.565. The minimum Gasteiger partial charge on any atom is -0.324 e. The molecule has 0 atom stereocenters. The summed E-state index contributed by atoms with van der Waals surface area (Å²) in [5, 5.41) is 3.60. The highest BCUT2D eigenvalue weighted by atomic mass is 32.1. The average Bonchev–Trinajstić information content (AvgIpc) is 3.19. The van der Waals surface area contributed by atoms with Crippen LogP contribution in [0.3, 0.4) is 0 Å². The number of thiazole rings is 1. The normalized spacial score (nSPS) is 11.0. The molecule has 7 heteroatoms. The first-order valence-corrected chi connectivity index (χ1v) is 8.87. The number of carbonyl (C=O) groups excluding carboxylic acids is 1. The number of halogens is 1. The Morgan fingerprint density at radius 2 is 1.92 bits per heavy atom. The van der Waals surface area contributed by atoms with Gasteiger partial charge >= 0.3 is 0 Å². The summed E-state index contributed by atoms with van der Waals surface area (Å²) in [5.41, 5.74) is 3.27. The predicted molar refractivity (Wildman–Crippen MR) is 100 cm³/mol. The molecule has 2 N–H and O–H groups in total. The SMILES string of the molecule is Cc1nc(Cc2ccc(F)cc2)sc1C(=O)Nc1nc2ccccc2[nH]1. The van der Waals surface area contributed by atoms with Crippen LogP contribution in [0, 0.1) is 12.7 Å². The van der Waals surface area contributed by atoms with Gasteiger partial charge in [-0.05, 0) is 36.8 Å². The van der Waals surface area contributed by atoms with Gasteiger partial charge in [-0.1, -0.05) is 24.3 Å². The lowest BCUT2D eigenvalue weighted by Gasteiger charge is -1.99. The van der Waals surface area contributed by atoms with Crippen molar-refractivity contribution in [3.8, 4) is 0 Å². The maximum absolute atomic E-state index is 13.0. The number of benzene rings is 2. The number of imidazole rings is 1. The maximum atomic E-state index is 13.0. The Hall–Kier alpha value is -3.06. The van der Waals surface area contributed by atoms with Gasteiger partial charge in [-0.25, -0.2) is 14.4 Å². The number of aromatic nitrogens is 3. The number of anilines is 1. The predicted octanol–water partition coefficient (Wildman–Crippen LogP) is 4.31. The number of aromatic amines is 1. The fourth-order valence-electron chi connectivity index (χ4n) is 2.69. The van der Waals surface area contributed by atoms with E-state index in [-0.39, 0.29) is 11.7 Å². The van der Waals surface area contributed by atoms with Crippen molar-refractivity contribution in [2.75, 3.05) is 5.32 Å². The molecule has 26 heavy (non-hydrogen) atoms. The van der Waals surface area contributed by atoms with Gasteiger partial charge in [0.25, 0.3) is 5.91 Å². The third-order valence-corrected chi connectivity index (χ3v) is 5.09. The van der Waals surface area contributed by atoms with Crippen LogP contribution in [0.1, 0.15) is 25.9 Å². The first-order valence-electron chi connectivity index (χ1n) is 8.05. The van der Waals surface area contributed by atoms with Crippen LogP contribution in [0.15, 0.2) is 48.5 Å². The zero-order valence-electron chi connectivity index (χ0n) is 13.9. The molecule has 2 aromatic carbocycles. The number of rotatable bonds is 4. The lowest BCUT2D eigenvalue weighted by molar-refractivity contribution is 0.102. The zero-order chi connectivity index (χ0) is 18.1. The van der Waals surface area contributed by atoms with Gasteiger partial charge < -0.3 is 4.98 Å². The van der Waals surface area contributed by atoms with E-state index in [1.165, 1.54) is 23.5 Å². The summed E-state index contributed by atoms with van der Waals surface area (Å²) in [4.78, 5) is 25.0. The van der Waals surface area contributed by atoms with Gasteiger partial charge in [-0.3, -0.25) is 10.1 Å². The van der Waals surface area contributed by atoms with Crippen molar-refractivity contribution in [2.24, 2.45) is 0 Å². The number of carbonyl (C=O) groups is 1. The maximum Gasteiger partial charge on any atom is 0.269 e. The van der Waals surface area contributed by atoms with E-state index in [9.17, 15) is 9.18 Å². The van der Waals surface area contributed by atoms with Gasteiger partial charge in [0, 0.05) is 6.42 Å². The highest BCUT2D eigenvalue weighted by molar-refractivity contribution is 7.14. The fourth-order valence-corrected chi connectivity index (χ4v) is 3.69. The number of nitrogens with zero attached hydrogens (tertiary/aromatic N) is 2. The van der Waals surface area contributed by atoms with Crippen LogP contribution in [-0.2, 0) is 6.42 Å². The molecule has 0 spiro atoms. The van der Waals surface area contributed by atoms with Crippen LogP contribution >= 0.6 is 11.3 Å². The highest BCUT2D eigenvalue weighted by Crippen LogP contribution is 2.22. The van der Waals surface area contributed by atoms with Crippen LogP contribution in [-0.4, -0.2) is 20.9 Å². The Morgan fingerprint density at radius 1 is 1.15 bits per heavy atom. The van der Waals surface area contributed by atoms with Crippen LogP contribution in [0.25, 0.3) is 11.0 Å². The molecule has 0 saturated heterocycles. The van der Waals surface area contributed by atoms with Crippen molar-refractivity contribution in [2.45, 2.75) is 13.3 Å². The number of hydrogen-bond acceptors (Lipinski definition) is 4. The van der Waals surface area contributed by atoms with E-state index in [1.807, 2.05) is 24.3 Å². The molecule has 4 rings (SSSR count). The van der Waals surface area contributed by atoms with Crippen molar-refractivity contribution in [3.05, 3.63) is 75.5 Å². The molecular weight excluding hydrogens is 351 g/mol. The molecule has 0 aliphatic heterocycles. The summed E-state index contributed by atoms with van der Waals surface area (Å²) in [7, 11) is 0. The number of aryl methyl sites for hydroxylation is 1. The Balaban J connectivity index is 1.52. The smallest absolute Gasteiger partial charge is 0.269 e. The lowest BCUT2D eigenvalue weighted by Crippen LogP contribution is -2.12. The Bertz CT molecular complexity index is 1050. The van der Waals surface area contributed by atoms with Gasteiger partial charge in [0.05, 0.1) is 21.7 Å². The molecule has 5 nitrogen and oxygen atoms in total. The van der Waals surface area contributed by atoms with Crippen LogP contribution in [0.5, 0.6) is 0 Å². The van der Waals surface area contributed by atoms with Crippen molar-refractivity contribution >= 4 is 34.2 Å². The molecular formula is C19H15FN4OS. The molecule has 2 aromatic heterocycles. The summed E-state index contributed by atoms with van der Waals surface area (Å²) in [5.74, 6) is -0.108. The van der Waals surface area contributed by atoms with Gasteiger partial charge in [0.1, 0.15) is 10.7 Å². The third kappa shape index (κ3) is 3.34. The third-order valence-electron chi connectivity index (χ3n) is 3.94. The number of H-pyrrole nitrogens is 1. The second kappa shape index (κ2) is 6.68.